The number of carbonyl (C=O) groups is 2. The molecule has 2 amide bonds. The quantitative estimate of drug-likeness (QED) is 0.913. The molecule has 1 saturated carbocycles. The number of aromatic amines is 1. The largest absolute Gasteiger partial charge is 0.357 e. The van der Waals surface area contributed by atoms with Crippen molar-refractivity contribution in [3.05, 3.63) is 54.1 Å². The van der Waals surface area contributed by atoms with Crippen LogP contribution in [0.25, 0.3) is 0 Å². The van der Waals surface area contributed by atoms with Gasteiger partial charge in [-0.2, -0.15) is 0 Å². The lowest BCUT2D eigenvalue weighted by molar-refractivity contribution is -0.124. The second-order valence-corrected chi connectivity index (χ2v) is 6.13. The standard InChI is InChI=1S/C17H16FN3O2/c18-11-3-1-4-12(8-11)20-16(22)15-10-7-14(15)21(9-10)17(23)13-5-2-6-19-13/h1-6,8,10,14-15,19H,7,9H2,(H,20,22)/t10-,14+,15+/m0/s1. The highest BCUT2D eigenvalue weighted by molar-refractivity contribution is 5.97. The fourth-order valence-electron chi connectivity index (χ4n) is 3.65. The molecule has 2 saturated heterocycles. The zero-order valence-corrected chi connectivity index (χ0v) is 12.3. The zero-order chi connectivity index (χ0) is 16.0. The van der Waals surface area contributed by atoms with Crippen LogP contribution >= 0.6 is 0 Å². The topological polar surface area (TPSA) is 65.2 Å². The van der Waals surface area contributed by atoms with Gasteiger partial charge in [-0.15, -0.1) is 0 Å². The van der Waals surface area contributed by atoms with Crippen molar-refractivity contribution in [2.45, 2.75) is 12.5 Å². The molecule has 0 unspecified atom stereocenters. The summed E-state index contributed by atoms with van der Waals surface area (Å²) in [6.07, 6.45) is 2.56. The third-order valence-electron chi connectivity index (χ3n) is 4.78. The predicted molar refractivity (Wildman–Crippen MR) is 82.2 cm³/mol. The summed E-state index contributed by atoms with van der Waals surface area (Å²) in [5, 5.41) is 2.76. The number of H-pyrrole nitrogens is 1. The minimum absolute atomic E-state index is 0.0654. The van der Waals surface area contributed by atoms with Crippen LogP contribution < -0.4 is 5.32 Å². The Morgan fingerprint density at radius 1 is 1.26 bits per heavy atom. The number of anilines is 1. The molecule has 2 aromatic rings. The summed E-state index contributed by atoms with van der Waals surface area (Å²) in [5.74, 6) is -0.616. The van der Waals surface area contributed by atoms with E-state index in [0.717, 1.165) is 6.42 Å². The molecule has 1 aromatic carbocycles. The summed E-state index contributed by atoms with van der Waals surface area (Å²) in [6.45, 7) is 0.601. The molecule has 1 aliphatic carbocycles. The second kappa shape index (κ2) is 5.22. The monoisotopic (exact) mass is 313 g/mol. The Morgan fingerprint density at radius 2 is 2.13 bits per heavy atom. The van der Waals surface area contributed by atoms with Crippen molar-refractivity contribution in [2.24, 2.45) is 11.8 Å². The Balaban J connectivity index is 1.46. The lowest BCUT2D eigenvalue weighted by atomic mass is 9.73. The second-order valence-electron chi connectivity index (χ2n) is 6.13. The Hall–Kier alpha value is -2.63. The maximum atomic E-state index is 13.2. The van der Waals surface area contributed by atoms with E-state index in [1.807, 2.05) is 0 Å². The third-order valence-corrected chi connectivity index (χ3v) is 4.78. The van der Waals surface area contributed by atoms with Gasteiger partial charge in [0.2, 0.25) is 5.91 Å². The van der Waals surface area contributed by atoms with Gasteiger partial charge in [-0.05, 0) is 42.7 Å². The number of hydrogen-bond donors (Lipinski definition) is 2. The van der Waals surface area contributed by atoms with Crippen LogP contribution in [0.4, 0.5) is 10.1 Å². The summed E-state index contributed by atoms with van der Waals surface area (Å²) < 4.78 is 13.2. The van der Waals surface area contributed by atoms with Gasteiger partial charge in [-0.1, -0.05) is 6.07 Å². The first kappa shape index (κ1) is 14.0. The van der Waals surface area contributed by atoms with Gasteiger partial charge in [0, 0.05) is 24.5 Å². The molecular formula is C17H16FN3O2. The van der Waals surface area contributed by atoms with Gasteiger partial charge in [-0.3, -0.25) is 9.59 Å². The van der Waals surface area contributed by atoms with E-state index in [2.05, 4.69) is 10.3 Å². The Morgan fingerprint density at radius 3 is 2.87 bits per heavy atom. The van der Waals surface area contributed by atoms with E-state index >= 15 is 0 Å². The molecule has 2 bridgehead atoms. The zero-order valence-electron chi connectivity index (χ0n) is 12.3. The molecule has 6 heteroatoms. The first-order chi connectivity index (χ1) is 11.1. The first-order valence-corrected chi connectivity index (χ1v) is 7.64. The fourth-order valence-corrected chi connectivity index (χ4v) is 3.65. The summed E-state index contributed by atoms with van der Waals surface area (Å²) in [7, 11) is 0. The van der Waals surface area contributed by atoms with Crippen LogP contribution in [0.2, 0.25) is 0 Å². The van der Waals surface area contributed by atoms with Crippen molar-refractivity contribution in [3.63, 3.8) is 0 Å². The average Bonchev–Trinajstić information content (AvgIpc) is 3.22. The predicted octanol–water partition coefficient (Wildman–Crippen LogP) is 2.25. The molecule has 0 radical (unpaired) electrons. The first-order valence-electron chi connectivity index (χ1n) is 7.64. The molecule has 5 rings (SSSR count). The van der Waals surface area contributed by atoms with Crippen LogP contribution in [-0.4, -0.2) is 34.3 Å². The lowest BCUT2D eigenvalue weighted by Crippen LogP contribution is -2.47. The number of nitrogens with one attached hydrogen (secondary N) is 2. The van der Waals surface area contributed by atoms with Gasteiger partial charge in [0.1, 0.15) is 11.5 Å². The Kier molecular flexibility index (Phi) is 3.18. The van der Waals surface area contributed by atoms with E-state index in [1.54, 1.807) is 35.4 Å². The highest BCUT2D eigenvalue weighted by atomic mass is 19.1. The molecule has 3 atom stereocenters. The SMILES string of the molecule is O=C(Nc1cccc(F)c1)[C@@H]1[C@H]2C[C@H]1N(C(=O)c1ccc[nH]1)C2. The molecule has 5 nitrogen and oxygen atoms in total. The number of hydrogen-bond acceptors (Lipinski definition) is 2. The third kappa shape index (κ3) is 2.30. The van der Waals surface area contributed by atoms with Crippen molar-refractivity contribution in [3.8, 4) is 0 Å². The lowest BCUT2D eigenvalue weighted by Gasteiger charge is -2.35. The maximum Gasteiger partial charge on any atom is 0.270 e. The van der Waals surface area contributed by atoms with Crippen molar-refractivity contribution in [1.82, 2.24) is 9.88 Å². The maximum absolute atomic E-state index is 13.2. The minimum atomic E-state index is -0.386. The van der Waals surface area contributed by atoms with E-state index in [1.165, 1.54) is 12.1 Å². The number of amides is 2. The molecule has 2 N–H and O–H groups in total. The number of nitrogens with zero attached hydrogens (tertiary/aromatic N) is 1. The van der Waals surface area contributed by atoms with Gasteiger partial charge >= 0.3 is 0 Å². The highest BCUT2D eigenvalue weighted by Gasteiger charge is 2.56. The molecule has 1 aromatic heterocycles. The van der Waals surface area contributed by atoms with Crippen LogP contribution in [0.1, 0.15) is 16.9 Å². The van der Waals surface area contributed by atoms with E-state index in [9.17, 15) is 14.0 Å². The van der Waals surface area contributed by atoms with E-state index < -0.39 is 0 Å². The minimum Gasteiger partial charge on any atom is -0.357 e. The number of carbonyl (C=O) groups excluding carboxylic acids is 2. The molecule has 3 heterocycles. The van der Waals surface area contributed by atoms with Crippen molar-refractivity contribution in [2.75, 3.05) is 11.9 Å². The van der Waals surface area contributed by atoms with Gasteiger partial charge in [-0.25, -0.2) is 4.39 Å². The van der Waals surface area contributed by atoms with E-state index in [0.29, 0.717) is 17.9 Å². The van der Waals surface area contributed by atoms with Gasteiger partial charge in [0.05, 0.1) is 5.92 Å². The van der Waals surface area contributed by atoms with Gasteiger partial charge in [0.25, 0.3) is 5.91 Å². The normalized spacial score (nSPS) is 25.1. The molecule has 3 aliphatic rings. The number of benzene rings is 1. The summed E-state index contributed by atoms with van der Waals surface area (Å²) in [6, 6.07) is 9.29. The highest BCUT2D eigenvalue weighted by Crippen LogP contribution is 2.47. The van der Waals surface area contributed by atoms with Gasteiger partial charge in [0.15, 0.2) is 0 Å². The number of rotatable bonds is 3. The number of aromatic nitrogens is 1. The molecule has 3 fully saturated rings. The van der Waals surface area contributed by atoms with E-state index in [4.69, 9.17) is 0 Å². The average molecular weight is 313 g/mol. The summed E-state index contributed by atoms with van der Waals surface area (Å²) >= 11 is 0. The fraction of sp³-hybridized carbons (Fsp3) is 0.294. The smallest absolute Gasteiger partial charge is 0.270 e. The number of fused-ring (bicyclic) bond motifs is 1. The van der Waals surface area contributed by atoms with Crippen LogP contribution in [0, 0.1) is 17.7 Å². The van der Waals surface area contributed by atoms with Crippen LogP contribution in [0.3, 0.4) is 0 Å². The molecule has 0 spiro atoms. The number of halogens is 1. The van der Waals surface area contributed by atoms with Crippen LogP contribution in [0.5, 0.6) is 0 Å². The van der Waals surface area contributed by atoms with Crippen LogP contribution in [-0.2, 0) is 4.79 Å². The Labute approximate surface area is 132 Å². The van der Waals surface area contributed by atoms with Crippen LogP contribution in [0.15, 0.2) is 42.6 Å². The van der Waals surface area contributed by atoms with Crippen molar-refractivity contribution in [1.29, 1.82) is 0 Å². The van der Waals surface area contributed by atoms with Crippen molar-refractivity contribution >= 4 is 17.5 Å². The van der Waals surface area contributed by atoms with Crippen molar-refractivity contribution < 1.29 is 14.0 Å². The summed E-state index contributed by atoms with van der Waals surface area (Å²) in [5.41, 5.74) is 0.991. The molecule has 118 valence electrons. The molecule has 2 aliphatic heterocycles. The van der Waals surface area contributed by atoms with Gasteiger partial charge < -0.3 is 15.2 Å². The van der Waals surface area contributed by atoms with E-state index in [-0.39, 0.29) is 35.5 Å². The Bertz CT molecular complexity index is 759. The molecular weight excluding hydrogens is 297 g/mol. The summed E-state index contributed by atoms with van der Waals surface area (Å²) in [4.78, 5) is 29.6. The molecule has 23 heavy (non-hydrogen) atoms.